The van der Waals surface area contributed by atoms with Crippen LogP contribution in [-0.2, 0) is 13.3 Å². The minimum Gasteiger partial charge on any atom is -0.465 e. The number of hydrogen-bond donors (Lipinski definition) is 2. The van der Waals surface area contributed by atoms with Crippen molar-refractivity contribution in [1.29, 1.82) is 0 Å². The molecule has 0 aromatic rings. The molecule has 0 aromatic heterocycles. The molecule has 0 aromatic carbocycles. The van der Waals surface area contributed by atoms with E-state index in [0.29, 0.717) is 0 Å². The van der Waals surface area contributed by atoms with Gasteiger partial charge in [-0.15, -0.1) is 0 Å². The first kappa shape index (κ1) is 22.8. The van der Waals surface area contributed by atoms with Crippen molar-refractivity contribution in [1.82, 2.24) is 5.32 Å². The molecule has 9 heteroatoms. The van der Waals surface area contributed by atoms with Gasteiger partial charge in [0.2, 0.25) is 0 Å². The topological polar surface area (TPSA) is 77.0 Å². The van der Waals surface area contributed by atoms with E-state index in [1.807, 2.05) is 0 Å². The predicted molar refractivity (Wildman–Crippen MR) is 102 cm³/mol. The van der Waals surface area contributed by atoms with Crippen LogP contribution in [0.25, 0.3) is 0 Å². The molecule has 2 N–H and O–H groups in total. The molecule has 0 saturated heterocycles. The van der Waals surface area contributed by atoms with Crippen LogP contribution < -0.4 is 5.32 Å². The van der Waals surface area contributed by atoms with Gasteiger partial charge in [-0.25, -0.2) is 4.79 Å². The van der Waals surface area contributed by atoms with E-state index < -0.39 is 36.6 Å². The zero-order valence-corrected chi connectivity index (χ0v) is 19.2. The van der Waals surface area contributed by atoms with Crippen molar-refractivity contribution >= 4 is 31.0 Å². The molecule has 23 heavy (non-hydrogen) atoms. The summed E-state index contributed by atoms with van der Waals surface area (Å²) in [6, 6.07) is 0. The Balaban J connectivity index is 5.29. The lowest BCUT2D eigenvalue weighted by Crippen LogP contribution is -2.61. The van der Waals surface area contributed by atoms with E-state index in [1.54, 1.807) is 0 Å². The zero-order chi connectivity index (χ0) is 18.5. The molecule has 0 spiro atoms. The first-order valence-electron chi connectivity index (χ1n) is 7.97. The Morgan fingerprint density at radius 3 is 1.22 bits per heavy atom. The number of hydrogen-bond acceptors (Lipinski definition) is 4. The largest absolute Gasteiger partial charge is 0.465 e. The first-order valence-corrected chi connectivity index (χ1v) is 18.2. The molecule has 0 aliphatic carbocycles. The minimum atomic E-state index is -1.79. The highest BCUT2D eigenvalue weighted by atomic mass is 28.4. The summed E-state index contributed by atoms with van der Waals surface area (Å²) >= 11 is 0. The maximum absolute atomic E-state index is 11.3. The standard InChI is InChI=1S/C14H35NO5Si3/c1-21(2,3)18-10-14(15-13(16)17,11-19-22(4,5)6)12-20-23(7,8)9/h15H,10-12H2,1-9H3,(H,16,17). The fourth-order valence-corrected chi connectivity index (χ4v) is 3.65. The van der Waals surface area contributed by atoms with Crippen LogP contribution in [0, 0.1) is 0 Å². The second-order valence-electron chi connectivity index (χ2n) is 8.91. The fourth-order valence-electron chi connectivity index (χ4n) is 1.52. The smallest absolute Gasteiger partial charge is 0.405 e. The van der Waals surface area contributed by atoms with E-state index in [9.17, 15) is 9.90 Å². The molecular formula is C14H35NO5Si3. The molecule has 0 heterocycles. The summed E-state index contributed by atoms with van der Waals surface area (Å²) in [5.74, 6) is 0. The summed E-state index contributed by atoms with van der Waals surface area (Å²) < 4.78 is 18.0. The Labute approximate surface area is 144 Å². The molecule has 0 saturated carbocycles. The van der Waals surface area contributed by atoms with Gasteiger partial charge in [0.15, 0.2) is 25.0 Å². The fraction of sp³-hybridized carbons (Fsp3) is 0.929. The van der Waals surface area contributed by atoms with E-state index >= 15 is 0 Å². The minimum absolute atomic E-state index is 0.268. The SMILES string of the molecule is C[Si](C)(C)OCC(CO[Si](C)(C)C)(CO[Si](C)(C)C)NC(=O)O. The highest BCUT2D eigenvalue weighted by Gasteiger charge is 2.38. The molecule has 0 radical (unpaired) electrons. The number of rotatable bonds is 10. The molecule has 0 rings (SSSR count). The van der Waals surface area contributed by atoms with Crippen LogP contribution in [0.2, 0.25) is 58.9 Å². The van der Waals surface area contributed by atoms with E-state index in [1.165, 1.54) is 0 Å². The maximum atomic E-state index is 11.3. The van der Waals surface area contributed by atoms with Gasteiger partial charge in [-0.05, 0) is 58.9 Å². The molecule has 0 unspecified atom stereocenters. The molecule has 1 amide bonds. The van der Waals surface area contributed by atoms with Crippen molar-refractivity contribution in [3.8, 4) is 0 Å². The summed E-state index contributed by atoms with van der Waals surface area (Å²) in [4.78, 5) is 11.3. The molecule has 0 bridgehead atoms. The summed E-state index contributed by atoms with van der Waals surface area (Å²) in [7, 11) is -5.37. The summed E-state index contributed by atoms with van der Waals surface area (Å²) in [5, 5.41) is 11.9. The van der Waals surface area contributed by atoms with Gasteiger partial charge in [-0.2, -0.15) is 0 Å². The molecule has 0 atom stereocenters. The molecular weight excluding hydrogens is 346 g/mol. The van der Waals surface area contributed by atoms with Crippen LogP contribution in [0.15, 0.2) is 0 Å². The van der Waals surface area contributed by atoms with Gasteiger partial charge in [-0.1, -0.05) is 0 Å². The molecule has 0 fully saturated rings. The lowest BCUT2D eigenvalue weighted by atomic mass is 10.0. The third-order valence-corrected chi connectivity index (χ3v) is 5.75. The van der Waals surface area contributed by atoms with E-state index in [2.05, 4.69) is 64.2 Å². The average Bonchev–Trinajstić information content (AvgIpc) is 2.27. The Kier molecular flexibility index (Phi) is 8.18. The van der Waals surface area contributed by atoms with Gasteiger partial charge < -0.3 is 23.7 Å². The lowest BCUT2D eigenvalue weighted by molar-refractivity contribution is 0.0600. The number of nitrogens with one attached hydrogen (secondary N) is 1. The van der Waals surface area contributed by atoms with Crippen LogP contribution in [0.4, 0.5) is 4.79 Å². The van der Waals surface area contributed by atoms with Crippen LogP contribution in [0.3, 0.4) is 0 Å². The van der Waals surface area contributed by atoms with Gasteiger partial charge >= 0.3 is 6.09 Å². The highest BCUT2D eigenvalue weighted by Crippen LogP contribution is 2.18. The van der Waals surface area contributed by atoms with Crippen molar-refractivity contribution in [2.75, 3.05) is 19.8 Å². The molecule has 138 valence electrons. The average molecular weight is 382 g/mol. The molecule has 0 aliphatic rings. The summed E-state index contributed by atoms with van der Waals surface area (Å²) in [6.07, 6.45) is -1.08. The third kappa shape index (κ3) is 12.8. The normalized spacial score (nSPS) is 14.0. The number of carbonyl (C=O) groups is 1. The Bertz CT molecular complexity index is 340. The van der Waals surface area contributed by atoms with Crippen LogP contribution >= 0.6 is 0 Å². The zero-order valence-electron chi connectivity index (χ0n) is 16.2. The second-order valence-corrected chi connectivity index (χ2v) is 22.5. The Morgan fingerprint density at radius 1 is 0.783 bits per heavy atom. The van der Waals surface area contributed by atoms with Crippen molar-refractivity contribution in [2.45, 2.75) is 64.5 Å². The predicted octanol–water partition coefficient (Wildman–Crippen LogP) is 3.55. The highest BCUT2D eigenvalue weighted by molar-refractivity contribution is 6.70. The summed E-state index contributed by atoms with van der Waals surface area (Å²) in [6.45, 7) is 19.5. The van der Waals surface area contributed by atoms with Gasteiger partial charge in [0.05, 0.1) is 19.8 Å². The maximum Gasteiger partial charge on any atom is 0.405 e. The quantitative estimate of drug-likeness (QED) is 0.566. The lowest BCUT2D eigenvalue weighted by Gasteiger charge is -2.38. The monoisotopic (exact) mass is 381 g/mol. The summed E-state index contributed by atoms with van der Waals surface area (Å²) in [5.41, 5.74) is -0.868. The number of carboxylic acid groups (broad SMARTS) is 1. The molecule has 6 nitrogen and oxygen atoms in total. The van der Waals surface area contributed by atoms with E-state index in [4.69, 9.17) is 13.3 Å². The van der Waals surface area contributed by atoms with Crippen molar-refractivity contribution in [3.63, 3.8) is 0 Å². The molecule has 0 aliphatic heterocycles. The van der Waals surface area contributed by atoms with Crippen molar-refractivity contribution in [3.05, 3.63) is 0 Å². The number of amides is 1. The van der Waals surface area contributed by atoms with Gasteiger partial charge in [0.25, 0.3) is 0 Å². The van der Waals surface area contributed by atoms with Crippen LogP contribution in [0.1, 0.15) is 0 Å². The first-order chi connectivity index (χ1) is 10.0. The van der Waals surface area contributed by atoms with E-state index in [-0.39, 0.29) is 19.8 Å². The van der Waals surface area contributed by atoms with Gasteiger partial charge in [0.1, 0.15) is 5.54 Å². The van der Waals surface area contributed by atoms with Crippen molar-refractivity contribution in [2.24, 2.45) is 0 Å². The van der Waals surface area contributed by atoms with Gasteiger partial charge in [0, 0.05) is 0 Å². The Morgan fingerprint density at radius 2 is 1.04 bits per heavy atom. The third-order valence-electron chi connectivity index (χ3n) is 2.72. The second kappa shape index (κ2) is 8.26. The van der Waals surface area contributed by atoms with E-state index in [0.717, 1.165) is 0 Å². The van der Waals surface area contributed by atoms with Gasteiger partial charge in [-0.3, -0.25) is 0 Å². The van der Waals surface area contributed by atoms with Crippen molar-refractivity contribution < 1.29 is 23.2 Å². The van der Waals surface area contributed by atoms with Crippen LogP contribution in [-0.4, -0.2) is 61.5 Å². The van der Waals surface area contributed by atoms with Crippen LogP contribution in [0.5, 0.6) is 0 Å². The Hall–Kier alpha value is -0.199.